The highest BCUT2D eigenvalue weighted by molar-refractivity contribution is 7.85. The Morgan fingerprint density at radius 2 is 1.91 bits per heavy atom. The van der Waals surface area contributed by atoms with Crippen molar-refractivity contribution in [2.45, 2.75) is 38.1 Å². The lowest BCUT2D eigenvalue weighted by atomic mass is 10.1. The van der Waals surface area contributed by atoms with E-state index < -0.39 is 22.6 Å². The first-order valence-corrected chi connectivity index (χ1v) is 12.9. The van der Waals surface area contributed by atoms with Gasteiger partial charge in [-0.3, -0.25) is 19.1 Å². The Morgan fingerprint density at radius 3 is 2.59 bits per heavy atom. The van der Waals surface area contributed by atoms with Crippen LogP contribution in [0, 0.1) is 11.7 Å². The fourth-order valence-corrected chi connectivity index (χ4v) is 5.26. The highest BCUT2D eigenvalue weighted by atomic mass is 32.2. The molecule has 0 aliphatic heterocycles. The van der Waals surface area contributed by atoms with E-state index in [1.54, 1.807) is 35.7 Å². The molecule has 1 heterocycles. The molecule has 3 aromatic rings. The van der Waals surface area contributed by atoms with Gasteiger partial charge in [-0.1, -0.05) is 26.0 Å². The normalized spacial score (nSPS) is 11.9. The van der Waals surface area contributed by atoms with Crippen LogP contribution in [0.2, 0.25) is 0 Å². The maximum atomic E-state index is 13.8. The molecule has 180 valence electrons. The number of anilines is 2. The number of hydrogen-bond acceptors (Lipinski definition) is 6. The number of benzene rings is 2. The van der Waals surface area contributed by atoms with Crippen molar-refractivity contribution >= 4 is 44.8 Å². The number of carboxylic acids is 1. The minimum absolute atomic E-state index is 0.199. The molecule has 1 atom stereocenters. The van der Waals surface area contributed by atoms with Crippen LogP contribution >= 0.6 is 11.3 Å². The number of halogens is 1. The van der Waals surface area contributed by atoms with Gasteiger partial charge >= 0.3 is 5.97 Å². The van der Waals surface area contributed by atoms with Crippen LogP contribution in [0.1, 0.15) is 41.9 Å². The van der Waals surface area contributed by atoms with Gasteiger partial charge in [-0.25, -0.2) is 9.37 Å². The van der Waals surface area contributed by atoms with E-state index in [2.05, 4.69) is 29.5 Å². The van der Waals surface area contributed by atoms with Gasteiger partial charge in [0.25, 0.3) is 5.91 Å². The molecule has 1 unspecified atom stereocenters. The van der Waals surface area contributed by atoms with Crippen molar-refractivity contribution in [1.82, 2.24) is 4.98 Å². The molecule has 0 radical (unpaired) electrons. The van der Waals surface area contributed by atoms with Gasteiger partial charge in [0.15, 0.2) is 5.13 Å². The van der Waals surface area contributed by atoms with Gasteiger partial charge in [0.2, 0.25) is 0 Å². The summed E-state index contributed by atoms with van der Waals surface area (Å²) in [5.41, 5.74) is 2.32. The predicted molar refractivity (Wildman–Crippen MR) is 132 cm³/mol. The van der Waals surface area contributed by atoms with E-state index in [1.807, 2.05) is 0 Å². The van der Waals surface area contributed by atoms with Crippen LogP contribution in [0.5, 0.6) is 0 Å². The molecule has 7 nitrogen and oxygen atoms in total. The first-order valence-electron chi connectivity index (χ1n) is 10.7. The molecule has 0 fully saturated rings. The fraction of sp³-hybridized carbons (Fsp3) is 0.292. The zero-order valence-electron chi connectivity index (χ0n) is 18.8. The third-order valence-corrected chi connectivity index (χ3v) is 7.11. The number of carbonyl (C=O) groups excluding carboxylic acids is 1. The summed E-state index contributed by atoms with van der Waals surface area (Å²) in [4.78, 5) is 27.7. The third kappa shape index (κ3) is 7.46. The van der Waals surface area contributed by atoms with Crippen molar-refractivity contribution in [2.75, 3.05) is 16.4 Å². The van der Waals surface area contributed by atoms with Crippen molar-refractivity contribution in [2.24, 2.45) is 5.92 Å². The molecule has 0 aliphatic carbocycles. The average Bonchev–Trinajstić information content (AvgIpc) is 3.22. The van der Waals surface area contributed by atoms with Gasteiger partial charge in [0.05, 0.1) is 33.5 Å². The number of carbonyl (C=O) groups is 2. The summed E-state index contributed by atoms with van der Waals surface area (Å²) in [5.74, 6) is -0.883. The summed E-state index contributed by atoms with van der Waals surface area (Å²) in [5, 5.41) is 16.6. The minimum atomic E-state index is -1.31. The third-order valence-electron chi connectivity index (χ3n) is 4.87. The van der Waals surface area contributed by atoms with Gasteiger partial charge < -0.3 is 10.4 Å². The molecule has 34 heavy (non-hydrogen) atoms. The van der Waals surface area contributed by atoms with Gasteiger partial charge in [-0.05, 0) is 48.2 Å². The zero-order chi connectivity index (χ0) is 24.7. The van der Waals surface area contributed by atoms with Crippen LogP contribution in [0.3, 0.4) is 0 Å². The Morgan fingerprint density at radius 1 is 1.18 bits per heavy atom. The van der Waals surface area contributed by atoms with E-state index >= 15 is 0 Å². The molecule has 2 aromatic carbocycles. The first kappa shape index (κ1) is 25.5. The van der Waals surface area contributed by atoms with E-state index in [0.717, 1.165) is 23.3 Å². The molecule has 0 saturated heterocycles. The van der Waals surface area contributed by atoms with Crippen LogP contribution < -0.4 is 10.6 Å². The Balaban J connectivity index is 1.61. The predicted octanol–water partition coefficient (Wildman–Crippen LogP) is 4.93. The molecule has 3 N–H and O–H groups in total. The number of nitrogens with one attached hydrogen (secondary N) is 2. The molecule has 1 aromatic heterocycles. The van der Waals surface area contributed by atoms with Crippen LogP contribution in [0.15, 0.2) is 52.7 Å². The Bertz CT molecular complexity index is 1180. The SMILES string of the molecule is CC(C)CCS(=O)c1cc(F)ccc1NCc1ccc(C(=O)Nc2nc(CC(=O)O)cs2)cc1. The van der Waals surface area contributed by atoms with E-state index in [0.29, 0.717) is 45.2 Å². The molecule has 0 spiro atoms. The summed E-state index contributed by atoms with van der Waals surface area (Å²) in [6, 6.07) is 11.2. The minimum Gasteiger partial charge on any atom is -0.481 e. The maximum absolute atomic E-state index is 13.8. The Kier molecular flexibility index (Phi) is 8.89. The van der Waals surface area contributed by atoms with Crippen LogP contribution in [-0.4, -0.2) is 31.9 Å². The number of aliphatic carboxylic acids is 1. The Hall–Kier alpha value is -3.11. The van der Waals surface area contributed by atoms with E-state index in [9.17, 15) is 18.2 Å². The van der Waals surface area contributed by atoms with E-state index in [-0.39, 0.29) is 12.3 Å². The van der Waals surface area contributed by atoms with Crippen LogP contribution in [0.4, 0.5) is 15.2 Å². The van der Waals surface area contributed by atoms with Crippen molar-refractivity contribution in [3.8, 4) is 0 Å². The number of aromatic nitrogens is 1. The standard InChI is InChI=1S/C24H26FN3O4S2/c1-15(2)9-10-34(32)21-11-18(25)7-8-20(21)26-13-16-3-5-17(6-4-16)23(31)28-24-27-19(14-33-24)12-22(29)30/h3-8,11,14-15,26H,9-10,12-13H2,1-2H3,(H,29,30)(H,27,28,31). The van der Waals surface area contributed by atoms with Gasteiger partial charge in [-0.15, -0.1) is 11.3 Å². The van der Waals surface area contributed by atoms with Crippen LogP contribution in [-0.2, 0) is 28.6 Å². The highest BCUT2D eigenvalue weighted by Crippen LogP contribution is 2.23. The van der Waals surface area contributed by atoms with E-state index in [1.165, 1.54) is 12.1 Å². The quantitative estimate of drug-likeness (QED) is 0.343. The second-order valence-corrected chi connectivity index (χ2v) is 10.5. The number of hydrogen-bond donors (Lipinski definition) is 3. The number of thiazole rings is 1. The summed E-state index contributed by atoms with van der Waals surface area (Å²) in [6.07, 6.45) is 0.586. The van der Waals surface area contributed by atoms with Gasteiger partial charge in [0.1, 0.15) is 5.82 Å². The number of rotatable bonds is 11. The summed E-state index contributed by atoms with van der Waals surface area (Å²) < 4.78 is 26.5. The molecule has 0 bridgehead atoms. The number of amides is 1. The second kappa shape index (κ2) is 11.8. The average molecular weight is 504 g/mol. The molecule has 3 rings (SSSR count). The number of nitrogens with zero attached hydrogens (tertiary/aromatic N) is 1. The molecule has 10 heteroatoms. The fourth-order valence-electron chi connectivity index (χ4n) is 3.02. The molecule has 0 aliphatic rings. The monoisotopic (exact) mass is 503 g/mol. The molecular weight excluding hydrogens is 477 g/mol. The largest absolute Gasteiger partial charge is 0.481 e. The van der Waals surface area contributed by atoms with Crippen LogP contribution in [0.25, 0.3) is 0 Å². The summed E-state index contributed by atoms with van der Waals surface area (Å²) in [7, 11) is -1.31. The molecular formula is C24H26FN3O4S2. The van der Waals surface area contributed by atoms with Crippen molar-refractivity contribution < 1.29 is 23.3 Å². The molecule has 1 amide bonds. The summed E-state index contributed by atoms with van der Waals surface area (Å²) in [6.45, 7) is 4.52. The van der Waals surface area contributed by atoms with Crippen molar-refractivity contribution in [3.05, 3.63) is 70.5 Å². The van der Waals surface area contributed by atoms with Crippen molar-refractivity contribution in [3.63, 3.8) is 0 Å². The summed E-state index contributed by atoms with van der Waals surface area (Å²) >= 11 is 1.16. The zero-order valence-corrected chi connectivity index (χ0v) is 20.5. The lowest BCUT2D eigenvalue weighted by molar-refractivity contribution is -0.136. The topological polar surface area (TPSA) is 108 Å². The second-order valence-electron chi connectivity index (χ2n) is 8.09. The lowest BCUT2D eigenvalue weighted by Crippen LogP contribution is -2.12. The maximum Gasteiger partial charge on any atom is 0.309 e. The smallest absolute Gasteiger partial charge is 0.309 e. The number of carboxylic acid groups (broad SMARTS) is 1. The lowest BCUT2D eigenvalue weighted by Gasteiger charge is -2.13. The van der Waals surface area contributed by atoms with E-state index in [4.69, 9.17) is 5.11 Å². The van der Waals surface area contributed by atoms with Gasteiger partial charge in [0, 0.05) is 23.2 Å². The molecule has 0 saturated carbocycles. The van der Waals surface area contributed by atoms with Gasteiger partial charge in [-0.2, -0.15) is 0 Å². The Labute approximate surface area is 203 Å². The van der Waals surface area contributed by atoms with Crippen molar-refractivity contribution in [1.29, 1.82) is 0 Å². The highest BCUT2D eigenvalue weighted by Gasteiger charge is 2.13. The first-order chi connectivity index (χ1) is 16.2.